The van der Waals surface area contributed by atoms with E-state index < -0.39 is 12.4 Å². The summed E-state index contributed by atoms with van der Waals surface area (Å²) >= 11 is 0. The monoisotopic (exact) mass is 339 g/mol. The van der Waals surface area contributed by atoms with Gasteiger partial charge in [-0.05, 0) is 51.9 Å². The maximum Gasteiger partial charge on any atom is 1.00 e. The molecule has 0 spiro atoms. The van der Waals surface area contributed by atoms with E-state index in [1.807, 2.05) is 0 Å². The summed E-state index contributed by atoms with van der Waals surface area (Å²) in [6, 6.07) is 4.55. The quantitative estimate of drug-likeness (QED) is 0.716. The molecule has 0 saturated carbocycles. The zero-order valence-electron chi connectivity index (χ0n) is 13.6. The number of rotatable bonds is 5. The van der Waals surface area contributed by atoms with E-state index in [9.17, 15) is 12.9 Å². The normalized spacial score (nSPS) is 19.6. The second-order valence-corrected chi connectivity index (χ2v) is 5.86. The number of ether oxygens (including phenoxy) is 1. The summed E-state index contributed by atoms with van der Waals surface area (Å²) in [5.41, 5.74) is -0.302. The third-order valence-electron chi connectivity index (χ3n) is 4.24. The van der Waals surface area contributed by atoms with Gasteiger partial charge in [-0.25, -0.2) is 0 Å². The Labute approximate surface area is 173 Å². The van der Waals surface area contributed by atoms with Crippen LogP contribution in [0.25, 0.3) is 0 Å². The first-order chi connectivity index (χ1) is 9.88. The Hall–Kier alpha value is 0.471. The maximum atomic E-state index is 12.7. The van der Waals surface area contributed by atoms with Gasteiger partial charge in [0.2, 0.25) is 0 Å². The minimum absolute atomic E-state index is 0. The molecule has 118 valence electrons. The van der Waals surface area contributed by atoms with E-state index in [0.29, 0.717) is 18.4 Å². The molecule has 1 aromatic rings. The Morgan fingerprint density at radius 1 is 1.27 bits per heavy atom. The van der Waals surface area contributed by atoms with E-state index in [1.165, 1.54) is 38.3 Å². The molecule has 0 radical (unpaired) electrons. The van der Waals surface area contributed by atoms with Crippen molar-refractivity contribution < 1.29 is 69.1 Å². The third-order valence-corrected chi connectivity index (χ3v) is 4.24. The second-order valence-electron chi connectivity index (χ2n) is 5.86. The Bertz CT molecular complexity index is 484. The van der Waals surface area contributed by atoms with Gasteiger partial charge in [0, 0.05) is 6.04 Å². The first kappa shape index (κ1) is 20.5. The van der Waals surface area contributed by atoms with Gasteiger partial charge in [-0.3, -0.25) is 0 Å². The second kappa shape index (κ2) is 9.08. The number of piperidine rings is 1. The standard InChI is InChI=1S/C15H22BF3NO.K/c1-12-11-14(6-7-15(12)16(17,18)19)21-10-8-13-5-3-4-9-20(13)2;/h6-7,11,13H,3-5,8-10H2,1-2H3;/q-1;+1. The third kappa shape index (κ3) is 5.83. The Morgan fingerprint density at radius 2 is 2.00 bits per heavy atom. The van der Waals surface area contributed by atoms with Gasteiger partial charge in [-0.15, -0.1) is 5.46 Å². The summed E-state index contributed by atoms with van der Waals surface area (Å²) < 4.78 is 43.8. The van der Waals surface area contributed by atoms with Crippen LogP contribution in [0.5, 0.6) is 5.75 Å². The molecule has 1 saturated heterocycles. The molecule has 1 aliphatic rings. The van der Waals surface area contributed by atoms with Crippen molar-refractivity contribution in [3.63, 3.8) is 0 Å². The predicted molar refractivity (Wildman–Crippen MR) is 80.3 cm³/mol. The van der Waals surface area contributed by atoms with Gasteiger partial charge in [0.05, 0.1) is 6.61 Å². The first-order valence-corrected chi connectivity index (χ1v) is 7.51. The molecule has 0 amide bonds. The van der Waals surface area contributed by atoms with E-state index in [-0.39, 0.29) is 56.9 Å². The number of likely N-dealkylation sites (tertiary alicyclic amines) is 1. The van der Waals surface area contributed by atoms with Gasteiger partial charge in [-0.2, -0.15) is 0 Å². The number of halogens is 3. The molecule has 1 heterocycles. The molecule has 1 aromatic carbocycles. The minimum Gasteiger partial charge on any atom is -0.494 e. The van der Waals surface area contributed by atoms with Crippen molar-refractivity contribution in [1.29, 1.82) is 0 Å². The van der Waals surface area contributed by atoms with Crippen LogP contribution in [0, 0.1) is 6.92 Å². The molecule has 0 N–H and O–H groups in total. The predicted octanol–water partition coefficient (Wildman–Crippen LogP) is 0.307. The molecule has 22 heavy (non-hydrogen) atoms. The van der Waals surface area contributed by atoms with Crippen LogP contribution in [0.2, 0.25) is 0 Å². The molecule has 0 aromatic heterocycles. The van der Waals surface area contributed by atoms with E-state index >= 15 is 0 Å². The summed E-state index contributed by atoms with van der Waals surface area (Å²) in [5, 5.41) is 0. The summed E-state index contributed by atoms with van der Waals surface area (Å²) in [5.74, 6) is 0.523. The fraction of sp³-hybridized carbons (Fsp3) is 0.600. The van der Waals surface area contributed by atoms with Crippen molar-refractivity contribution >= 4 is 12.4 Å². The van der Waals surface area contributed by atoms with E-state index in [0.717, 1.165) is 19.0 Å². The average molecular weight is 339 g/mol. The number of hydrogen-bond acceptors (Lipinski definition) is 2. The zero-order valence-corrected chi connectivity index (χ0v) is 16.7. The number of benzene rings is 1. The van der Waals surface area contributed by atoms with Gasteiger partial charge < -0.3 is 22.6 Å². The summed E-state index contributed by atoms with van der Waals surface area (Å²) in [7, 11) is 2.12. The fourth-order valence-electron chi connectivity index (χ4n) is 2.93. The zero-order chi connectivity index (χ0) is 15.5. The van der Waals surface area contributed by atoms with Crippen LogP contribution in [0.1, 0.15) is 31.2 Å². The Kier molecular flexibility index (Phi) is 8.47. The van der Waals surface area contributed by atoms with Crippen LogP contribution in [0.15, 0.2) is 18.2 Å². The van der Waals surface area contributed by atoms with E-state index in [2.05, 4.69) is 11.9 Å². The molecule has 1 fully saturated rings. The first-order valence-electron chi connectivity index (χ1n) is 7.51. The van der Waals surface area contributed by atoms with Crippen LogP contribution in [0.3, 0.4) is 0 Å². The van der Waals surface area contributed by atoms with Crippen LogP contribution < -0.4 is 61.6 Å². The van der Waals surface area contributed by atoms with Gasteiger partial charge >= 0.3 is 58.4 Å². The van der Waals surface area contributed by atoms with E-state index in [1.54, 1.807) is 0 Å². The molecule has 0 bridgehead atoms. The van der Waals surface area contributed by atoms with Crippen LogP contribution >= 0.6 is 0 Å². The van der Waals surface area contributed by atoms with Crippen LogP contribution in [-0.2, 0) is 0 Å². The van der Waals surface area contributed by atoms with Crippen molar-refractivity contribution in [2.45, 2.75) is 38.6 Å². The van der Waals surface area contributed by atoms with Crippen molar-refractivity contribution in [2.24, 2.45) is 0 Å². The van der Waals surface area contributed by atoms with Gasteiger partial charge in [0.25, 0.3) is 0 Å². The van der Waals surface area contributed by atoms with Gasteiger partial charge in [0.15, 0.2) is 0 Å². The van der Waals surface area contributed by atoms with E-state index in [4.69, 9.17) is 4.74 Å². The molecule has 1 atom stereocenters. The molecule has 7 heteroatoms. The number of aryl methyl sites for hydroxylation is 1. The Balaban J connectivity index is 0.00000242. The molecule has 1 unspecified atom stereocenters. The number of nitrogens with zero attached hydrogens (tertiary/aromatic N) is 1. The van der Waals surface area contributed by atoms with Crippen molar-refractivity contribution in [3.8, 4) is 5.75 Å². The molecular formula is C15H22BF3KNO. The van der Waals surface area contributed by atoms with Crippen LogP contribution in [-0.4, -0.2) is 38.1 Å². The Morgan fingerprint density at radius 3 is 2.59 bits per heavy atom. The van der Waals surface area contributed by atoms with Gasteiger partial charge in [-0.1, -0.05) is 18.1 Å². The van der Waals surface area contributed by atoms with Crippen molar-refractivity contribution in [1.82, 2.24) is 4.90 Å². The molecule has 2 rings (SSSR count). The number of hydrogen-bond donors (Lipinski definition) is 0. The van der Waals surface area contributed by atoms with Gasteiger partial charge in [0.1, 0.15) is 5.75 Å². The minimum atomic E-state index is -4.94. The smallest absolute Gasteiger partial charge is 0.494 e. The van der Waals surface area contributed by atoms with Crippen molar-refractivity contribution in [3.05, 3.63) is 23.8 Å². The van der Waals surface area contributed by atoms with Crippen molar-refractivity contribution in [2.75, 3.05) is 20.2 Å². The fourth-order valence-corrected chi connectivity index (χ4v) is 2.93. The largest absolute Gasteiger partial charge is 1.00 e. The molecule has 1 aliphatic heterocycles. The summed E-state index contributed by atoms with van der Waals surface area (Å²) in [6.07, 6.45) is 4.58. The SMILES string of the molecule is Cc1cc(OCCC2CCCCN2C)ccc1[B-](F)(F)F.[K+]. The molecule has 0 aliphatic carbocycles. The average Bonchev–Trinajstić information content (AvgIpc) is 2.39. The molecule has 2 nitrogen and oxygen atoms in total. The summed E-state index contributed by atoms with van der Waals surface area (Å²) in [4.78, 5) is 2.34. The van der Waals surface area contributed by atoms with Crippen LogP contribution in [0.4, 0.5) is 12.9 Å². The maximum absolute atomic E-state index is 12.7. The summed E-state index contributed by atoms with van der Waals surface area (Å²) in [6.45, 7) is -1.80. The topological polar surface area (TPSA) is 12.5 Å². The molecular weight excluding hydrogens is 317 g/mol.